The lowest BCUT2D eigenvalue weighted by Crippen LogP contribution is -2.39. The van der Waals surface area contributed by atoms with Crippen molar-refractivity contribution in [3.63, 3.8) is 0 Å². The molecule has 0 spiro atoms. The fourth-order valence-corrected chi connectivity index (χ4v) is 4.25. The first-order chi connectivity index (χ1) is 12.9. The Bertz CT molecular complexity index is 703. The van der Waals surface area contributed by atoms with E-state index in [2.05, 4.69) is 10.2 Å². The van der Waals surface area contributed by atoms with E-state index in [1.165, 1.54) is 7.05 Å². The van der Waals surface area contributed by atoms with Gasteiger partial charge in [0.2, 0.25) is 0 Å². The Kier molecular flexibility index (Phi) is 7.61. The number of nitrogen functional groups attached to an aromatic ring is 1. The number of esters is 2. The van der Waals surface area contributed by atoms with Crippen molar-refractivity contribution in [2.75, 3.05) is 39.1 Å². The van der Waals surface area contributed by atoms with Gasteiger partial charge >= 0.3 is 11.9 Å². The zero-order valence-corrected chi connectivity index (χ0v) is 16.8. The first-order valence-electron chi connectivity index (χ1n) is 9.12. The van der Waals surface area contributed by atoms with E-state index >= 15 is 0 Å². The van der Waals surface area contributed by atoms with Gasteiger partial charge in [0, 0.05) is 25.7 Å². The van der Waals surface area contributed by atoms with Crippen LogP contribution in [0.5, 0.6) is 0 Å². The van der Waals surface area contributed by atoms with Gasteiger partial charge in [0.05, 0.1) is 29.6 Å². The van der Waals surface area contributed by atoms with Gasteiger partial charge in [-0.05, 0) is 33.2 Å². The number of rotatable bonds is 7. The molecule has 1 aromatic rings. The second-order valence-corrected chi connectivity index (χ2v) is 7.33. The van der Waals surface area contributed by atoms with Crippen LogP contribution in [0.1, 0.15) is 52.3 Å². The number of amides is 1. The molecule has 1 fully saturated rings. The third-order valence-corrected chi connectivity index (χ3v) is 5.51. The molecule has 150 valence electrons. The van der Waals surface area contributed by atoms with E-state index in [-0.39, 0.29) is 35.0 Å². The van der Waals surface area contributed by atoms with Gasteiger partial charge in [-0.1, -0.05) is 0 Å². The summed E-state index contributed by atoms with van der Waals surface area (Å²) in [6.45, 7) is 5.70. The molecule has 0 aliphatic carbocycles. The first-order valence-corrected chi connectivity index (χ1v) is 9.93. The van der Waals surface area contributed by atoms with Crippen molar-refractivity contribution < 1.29 is 23.9 Å². The molecule has 1 saturated heterocycles. The summed E-state index contributed by atoms with van der Waals surface area (Å²) in [6, 6.07) is 0. The van der Waals surface area contributed by atoms with Crippen molar-refractivity contribution in [1.29, 1.82) is 0 Å². The molecular weight excluding hydrogens is 370 g/mol. The number of nitrogens with one attached hydrogen (secondary N) is 1. The van der Waals surface area contributed by atoms with Crippen LogP contribution in [0.4, 0.5) is 5.00 Å². The molecule has 0 aromatic carbocycles. The third kappa shape index (κ3) is 4.98. The topological polar surface area (TPSA) is 111 Å². The number of carbonyl (C=O) groups excluding carboxylic acids is 3. The second kappa shape index (κ2) is 9.70. The maximum absolute atomic E-state index is 12.4. The van der Waals surface area contributed by atoms with E-state index in [0.29, 0.717) is 30.1 Å². The number of piperidine rings is 1. The second-order valence-electron chi connectivity index (χ2n) is 6.27. The van der Waals surface area contributed by atoms with Crippen LogP contribution < -0.4 is 11.1 Å². The molecule has 2 rings (SSSR count). The highest BCUT2D eigenvalue weighted by atomic mass is 32.1. The average molecular weight is 397 g/mol. The van der Waals surface area contributed by atoms with Gasteiger partial charge in [-0.15, -0.1) is 11.3 Å². The molecule has 0 saturated carbocycles. The molecule has 27 heavy (non-hydrogen) atoms. The van der Waals surface area contributed by atoms with E-state index in [0.717, 1.165) is 30.7 Å². The van der Waals surface area contributed by atoms with Gasteiger partial charge in [0.25, 0.3) is 5.91 Å². The number of nitrogens with zero attached hydrogens (tertiary/aromatic N) is 1. The Morgan fingerprint density at radius 2 is 1.96 bits per heavy atom. The lowest BCUT2D eigenvalue weighted by Gasteiger charge is -2.31. The van der Waals surface area contributed by atoms with Crippen LogP contribution in [0.3, 0.4) is 0 Å². The predicted octanol–water partition coefficient (Wildman–Crippen LogP) is 1.64. The number of thiophene rings is 1. The van der Waals surface area contributed by atoms with Crippen LogP contribution in [0.15, 0.2) is 0 Å². The first kappa shape index (κ1) is 21.2. The van der Waals surface area contributed by atoms with E-state index in [1.807, 2.05) is 0 Å². The molecule has 2 heterocycles. The van der Waals surface area contributed by atoms with Crippen LogP contribution in [0.25, 0.3) is 0 Å². The predicted molar refractivity (Wildman–Crippen MR) is 103 cm³/mol. The van der Waals surface area contributed by atoms with Crippen molar-refractivity contribution in [1.82, 2.24) is 10.2 Å². The molecular formula is C18H27N3O5S. The minimum absolute atomic E-state index is 0.204. The van der Waals surface area contributed by atoms with Crippen molar-refractivity contribution >= 4 is 34.2 Å². The summed E-state index contributed by atoms with van der Waals surface area (Å²) in [4.78, 5) is 39.2. The zero-order chi connectivity index (χ0) is 20.0. The van der Waals surface area contributed by atoms with Gasteiger partial charge in [-0.3, -0.25) is 14.5 Å². The van der Waals surface area contributed by atoms with Gasteiger partial charge < -0.3 is 20.5 Å². The monoisotopic (exact) mass is 397 g/mol. The van der Waals surface area contributed by atoms with Crippen LogP contribution in [0, 0.1) is 5.92 Å². The Morgan fingerprint density at radius 1 is 1.26 bits per heavy atom. The van der Waals surface area contributed by atoms with E-state index in [1.54, 1.807) is 13.8 Å². The SMILES string of the molecule is CCOC(=O)c1c(N)sc(C(=O)NC)c1CN1CCC[C@@H](C(=O)OCC)C1. The molecule has 1 aromatic heterocycles. The van der Waals surface area contributed by atoms with Crippen molar-refractivity contribution in [3.8, 4) is 0 Å². The van der Waals surface area contributed by atoms with Gasteiger partial charge in [-0.25, -0.2) is 4.79 Å². The molecule has 0 bridgehead atoms. The fraction of sp³-hybridized carbons (Fsp3) is 0.611. The minimum Gasteiger partial charge on any atom is -0.466 e. The highest BCUT2D eigenvalue weighted by molar-refractivity contribution is 7.18. The number of nitrogens with two attached hydrogens (primary N) is 1. The number of carbonyl (C=O) groups is 3. The van der Waals surface area contributed by atoms with Gasteiger partial charge in [0.15, 0.2) is 0 Å². The molecule has 1 aliphatic heterocycles. The zero-order valence-electron chi connectivity index (χ0n) is 16.0. The molecule has 8 nitrogen and oxygen atoms in total. The summed E-state index contributed by atoms with van der Waals surface area (Å²) in [5.41, 5.74) is 6.84. The van der Waals surface area contributed by atoms with E-state index < -0.39 is 5.97 Å². The average Bonchev–Trinajstić information content (AvgIpc) is 2.97. The summed E-state index contributed by atoms with van der Waals surface area (Å²) in [5, 5.41) is 2.85. The minimum atomic E-state index is -0.532. The number of hydrogen-bond donors (Lipinski definition) is 2. The summed E-state index contributed by atoms with van der Waals surface area (Å²) in [7, 11) is 1.53. The fourth-order valence-electron chi connectivity index (χ4n) is 3.23. The molecule has 3 N–H and O–H groups in total. The lowest BCUT2D eigenvalue weighted by atomic mass is 9.97. The van der Waals surface area contributed by atoms with E-state index in [9.17, 15) is 14.4 Å². The quantitative estimate of drug-likeness (QED) is 0.673. The Morgan fingerprint density at radius 3 is 2.59 bits per heavy atom. The highest BCUT2D eigenvalue weighted by Crippen LogP contribution is 2.34. The third-order valence-electron chi connectivity index (χ3n) is 4.45. The van der Waals surface area contributed by atoms with Crippen LogP contribution in [-0.4, -0.2) is 56.1 Å². The van der Waals surface area contributed by atoms with Gasteiger partial charge in [0.1, 0.15) is 5.00 Å². The molecule has 1 amide bonds. The molecule has 0 unspecified atom stereocenters. The van der Waals surface area contributed by atoms with E-state index in [4.69, 9.17) is 15.2 Å². The van der Waals surface area contributed by atoms with Crippen molar-refractivity contribution in [2.24, 2.45) is 5.92 Å². The standard InChI is InChI=1S/C18H27N3O5S/c1-4-25-17(23)11-7-6-8-21(9-11)10-12-13(18(24)26-5-2)15(19)27-14(12)16(22)20-3/h11H,4-10,19H2,1-3H3,(H,20,22)/t11-/m1/s1. The Balaban J connectivity index is 2.28. The van der Waals surface area contributed by atoms with Gasteiger partial charge in [-0.2, -0.15) is 0 Å². The number of hydrogen-bond acceptors (Lipinski definition) is 8. The lowest BCUT2D eigenvalue weighted by molar-refractivity contribution is -0.150. The maximum Gasteiger partial charge on any atom is 0.341 e. The normalized spacial score (nSPS) is 17.4. The van der Waals surface area contributed by atoms with Crippen molar-refractivity contribution in [2.45, 2.75) is 33.2 Å². The molecule has 0 radical (unpaired) electrons. The summed E-state index contributed by atoms with van der Waals surface area (Å²) < 4.78 is 10.3. The maximum atomic E-state index is 12.4. The summed E-state index contributed by atoms with van der Waals surface area (Å²) in [5.74, 6) is -1.24. The number of anilines is 1. The van der Waals surface area contributed by atoms with Crippen molar-refractivity contribution in [3.05, 3.63) is 16.0 Å². The van der Waals surface area contributed by atoms with Crippen LogP contribution >= 0.6 is 11.3 Å². The molecule has 1 aliphatic rings. The number of likely N-dealkylation sites (tertiary alicyclic amines) is 1. The molecule has 9 heteroatoms. The highest BCUT2D eigenvalue weighted by Gasteiger charge is 2.31. The summed E-state index contributed by atoms with van der Waals surface area (Å²) >= 11 is 1.08. The smallest absolute Gasteiger partial charge is 0.341 e. The van der Waals surface area contributed by atoms with Crippen LogP contribution in [0.2, 0.25) is 0 Å². The molecule has 1 atom stereocenters. The van der Waals surface area contributed by atoms with Crippen LogP contribution in [-0.2, 0) is 20.8 Å². The largest absolute Gasteiger partial charge is 0.466 e. The Hall–Kier alpha value is -2.13. The number of ether oxygens (including phenoxy) is 2. The summed E-state index contributed by atoms with van der Waals surface area (Å²) in [6.07, 6.45) is 1.61. The Labute approximate surface area is 163 Å².